The number of rotatable bonds is 8. The first-order chi connectivity index (χ1) is 11.0. The number of nitrogens with one attached hydrogen (secondary N) is 1. The average Bonchev–Trinajstić information content (AvgIpc) is 2.54. The number of carbonyl (C=O) groups is 2. The van der Waals surface area contributed by atoms with Crippen molar-refractivity contribution >= 4 is 12.0 Å². The highest BCUT2D eigenvalue weighted by Crippen LogP contribution is 2.25. The number of likely N-dealkylation sites (N-methyl/N-ethyl adjacent to an activating group) is 1. The highest BCUT2D eigenvalue weighted by atomic mass is 16.5. The number of imide groups is 1. The molecule has 23 heavy (non-hydrogen) atoms. The van der Waals surface area contributed by atoms with Crippen LogP contribution in [0.5, 0.6) is 11.5 Å². The summed E-state index contributed by atoms with van der Waals surface area (Å²) in [5, 5.41) is 2.18. The fourth-order valence-corrected chi connectivity index (χ4v) is 2.05. The number of alkyl carbamates (subject to hydrolysis) is 1. The van der Waals surface area contributed by atoms with Crippen molar-refractivity contribution in [3.8, 4) is 11.5 Å². The van der Waals surface area contributed by atoms with Gasteiger partial charge in [-0.05, 0) is 31.7 Å². The van der Waals surface area contributed by atoms with Crippen LogP contribution in [0.4, 0.5) is 4.79 Å². The molecule has 0 bridgehead atoms. The summed E-state index contributed by atoms with van der Waals surface area (Å²) in [6.45, 7) is 5.04. The van der Waals surface area contributed by atoms with Gasteiger partial charge in [0.2, 0.25) is 5.91 Å². The molecule has 0 unspecified atom stereocenters. The minimum atomic E-state index is -0.729. The van der Waals surface area contributed by atoms with E-state index in [0.717, 1.165) is 11.3 Å². The van der Waals surface area contributed by atoms with Crippen molar-refractivity contribution in [2.75, 3.05) is 33.9 Å². The molecule has 2 amide bonds. The van der Waals surface area contributed by atoms with E-state index in [1.807, 2.05) is 30.0 Å². The van der Waals surface area contributed by atoms with Gasteiger partial charge in [0.05, 0.1) is 27.4 Å². The van der Waals surface area contributed by atoms with Crippen molar-refractivity contribution in [3.05, 3.63) is 23.8 Å². The maximum absolute atomic E-state index is 11.9. The molecule has 0 fully saturated rings. The van der Waals surface area contributed by atoms with Gasteiger partial charge in [-0.1, -0.05) is 6.92 Å². The van der Waals surface area contributed by atoms with E-state index in [2.05, 4.69) is 10.1 Å². The second-order valence-corrected chi connectivity index (χ2v) is 4.75. The molecule has 1 N–H and O–H groups in total. The molecule has 1 rings (SSSR count). The van der Waals surface area contributed by atoms with E-state index in [1.165, 1.54) is 0 Å². The molecule has 1 aromatic rings. The van der Waals surface area contributed by atoms with E-state index in [-0.39, 0.29) is 13.2 Å². The van der Waals surface area contributed by atoms with Crippen LogP contribution in [0, 0.1) is 0 Å². The smallest absolute Gasteiger partial charge is 0.413 e. The highest BCUT2D eigenvalue weighted by Gasteiger charge is 2.15. The van der Waals surface area contributed by atoms with Gasteiger partial charge < -0.3 is 14.2 Å². The van der Waals surface area contributed by atoms with Crippen molar-refractivity contribution in [1.29, 1.82) is 0 Å². The molecule has 0 spiro atoms. The minimum Gasteiger partial charge on any atom is -0.497 e. The zero-order chi connectivity index (χ0) is 17.2. The van der Waals surface area contributed by atoms with Crippen molar-refractivity contribution in [1.82, 2.24) is 10.2 Å². The van der Waals surface area contributed by atoms with Crippen LogP contribution < -0.4 is 14.8 Å². The van der Waals surface area contributed by atoms with Crippen LogP contribution in [-0.2, 0) is 16.1 Å². The van der Waals surface area contributed by atoms with Gasteiger partial charge >= 0.3 is 6.09 Å². The first-order valence-electron chi connectivity index (χ1n) is 7.43. The standard InChI is InChI=1S/C16H24N2O5/c1-5-18(11-15(19)17-16(20)23-6-2)10-12-9-13(21-3)7-8-14(12)22-4/h7-9H,5-6,10-11H2,1-4H3,(H,17,19,20). The molecule has 0 aliphatic rings. The molecule has 7 nitrogen and oxygen atoms in total. The van der Waals surface area contributed by atoms with Crippen molar-refractivity contribution in [2.24, 2.45) is 0 Å². The summed E-state index contributed by atoms with van der Waals surface area (Å²) in [4.78, 5) is 25.0. The molecule has 0 heterocycles. The number of hydrogen-bond acceptors (Lipinski definition) is 6. The number of nitrogens with zero attached hydrogens (tertiary/aromatic N) is 1. The van der Waals surface area contributed by atoms with Gasteiger partial charge in [-0.3, -0.25) is 15.0 Å². The van der Waals surface area contributed by atoms with E-state index in [1.54, 1.807) is 21.1 Å². The second-order valence-electron chi connectivity index (χ2n) is 4.75. The highest BCUT2D eigenvalue weighted by molar-refractivity contribution is 5.92. The summed E-state index contributed by atoms with van der Waals surface area (Å²) in [6.07, 6.45) is -0.729. The zero-order valence-electron chi connectivity index (χ0n) is 14.0. The molecule has 0 aliphatic heterocycles. The normalized spacial score (nSPS) is 10.3. The first kappa shape index (κ1) is 18.8. The van der Waals surface area contributed by atoms with Crippen molar-refractivity contribution in [2.45, 2.75) is 20.4 Å². The van der Waals surface area contributed by atoms with E-state index in [9.17, 15) is 9.59 Å². The van der Waals surface area contributed by atoms with E-state index < -0.39 is 12.0 Å². The number of amides is 2. The monoisotopic (exact) mass is 324 g/mol. The third-order valence-corrected chi connectivity index (χ3v) is 3.21. The topological polar surface area (TPSA) is 77.1 Å². The lowest BCUT2D eigenvalue weighted by Crippen LogP contribution is -2.40. The number of benzene rings is 1. The minimum absolute atomic E-state index is 0.0790. The van der Waals surface area contributed by atoms with Gasteiger partial charge in [0, 0.05) is 12.1 Å². The van der Waals surface area contributed by atoms with Crippen LogP contribution in [0.2, 0.25) is 0 Å². The molecular formula is C16H24N2O5. The van der Waals surface area contributed by atoms with Gasteiger partial charge in [-0.15, -0.1) is 0 Å². The molecule has 1 aromatic carbocycles. The van der Waals surface area contributed by atoms with Gasteiger partial charge in [-0.2, -0.15) is 0 Å². The number of ether oxygens (including phenoxy) is 3. The third-order valence-electron chi connectivity index (χ3n) is 3.21. The molecule has 0 aliphatic carbocycles. The Labute approximate surface area is 136 Å². The molecular weight excluding hydrogens is 300 g/mol. The molecule has 0 saturated carbocycles. The second kappa shape index (κ2) is 9.68. The summed E-state index contributed by atoms with van der Waals surface area (Å²) in [7, 11) is 3.19. The van der Waals surface area contributed by atoms with Crippen LogP contribution in [0.3, 0.4) is 0 Å². The Balaban J connectivity index is 2.72. The Bertz CT molecular complexity index is 533. The van der Waals surface area contributed by atoms with Crippen LogP contribution in [0.25, 0.3) is 0 Å². The number of hydrogen-bond donors (Lipinski definition) is 1. The van der Waals surface area contributed by atoms with Gasteiger partial charge in [0.15, 0.2) is 0 Å². The number of carbonyl (C=O) groups excluding carboxylic acids is 2. The molecule has 7 heteroatoms. The van der Waals surface area contributed by atoms with Crippen LogP contribution >= 0.6 is 0 Å². The largest absolute Gasteiger partial charge is 0.497 e. The van der Waals surface area contributed by atoms with Gasteiger partial charge in [0.25, 0.3) is 0 Å². The summed E-state index contributed by atoms with van der Waals surface area (Å²) in [6, 6.07) is 5.50. The quantitative estimate of drug-likeness (QED) is 0.786. The fourth-order valence-electron chi connectivity index (χ4n) is 2.05. The Kier molecular flexibility index (Phi) is 7.90. The lowest BCUT2D eigenvalue weighted by atomic mass is 10.1. The first-order valence-corrected chi connectivity index (χ1v) is 7.43. The molecule has 128 valence electrons. The molecule has 0 radical (unpaired) electrons. The SMILES string of the molecule is CCOC(=O)NC(=O)CN(CC)Cc1cc(OC)ccc1OC. The summed E-state index contributed by atoms with van der Waals surface area (Å²) >= 11 is 0. The fraction of sp³-hybridized carbons (Fsp3) is 0.500. The predicted octanol–water partition coefficient (Wildman–Crippen LogP) is 1.80. The van der Waals surface area contributed by atoms with Crippen LogP contribution in [0.1, 0.15) is 19.4 Å². The van der Waals surface area contributed by atoms with E-state index in [4.69, 9.17) is 9.47 Å². The summed E-state index contributed by atoms with van der Waals surface area (Å²) in [5.41, 5.74) is 0.901. The maximum Gasteiger partial charge on any atom is 0.413 e. The van der Waals surface area contributed by atoms with E-state index >= 15 is 0 Å². The molecule has 0 saturated heterocycles. The third kappa shape index (κ3) is 6.15. The number of methoxy groups -OCH3 is 2. The summed E-state index contributed by atoms with van der Waals surface area (Å²) < 4.78 is 15.2. The van der Waals surface area contributed by atoms with Crippen molar-refractivity contribution in [3.63, 3.8) is 0 Å². The Morgan fingerprint density at radius 2 is 1.91 bits per heavy atom. The molecule has 0 aromatic heterocycles. The summed E-state index contributed by atoms with van der Waals surface area (Å²) in [5.74, 6) is 1.02. The van der Waals surface area contributed by atoms with Gasteiger partial charge in [-0.25, -0.2) is 4.79 Å². The predicted molar refractivity (Wildman–Crippen MR) is 85.7 cm³/mol. The van der Waals surface area contributed by atoms with Crippen LogP contribution in [-0.4, -0.2) is 50.8 Å². The maximum atomic E-state index is 11.9. The average molecular weight is 324 g/mol. The lowest BCUT2D eigenvalue weighted by Gasteiger charge is -2.21. The molecule has 0 atom stereocenters. The Morgan fingerprint density at radius 1 is 1.17 bits per heavy atom. The zero-order valence-corrected chi connectivity index (χ0v) is 14.0. The van der Waals surface area contributed by atoms with Crippen LogP contribution in [0.15, 0.2) is 18.2 Å². The Hall–Kier alpha value is -2.28. The van der Waals surface area contributed by atoms with Crippen molar-refractivity contribution < 1.29 is 23.8 Å². The Morgan fingerprint density at radius 3 is 2.48 bits per heavy atom. The lowest BCUT2D eigenvalue weighted by molar-refractivity contribution is -0.121. The van der Waals surface area contributed by atoms with E-state index in [0.29, 0.717) is 18.8 Å². The van der Waals surface area contributed by atoms with Gasteiger partial charge in [0.1, 0.15) is 11.5 Å².